The van der Waals surface area contributed by atoms with E-state index in [1.165, 1.54) is 12.1 Å². The van der Waals surface area contributed by atoms with Crippen molar-refractivity contribution in [1.82, 2.24) is 4.90 Å². The molecular formula is C9H9FN2. The summed E-state index contributed by atoms with van der Waals surface area (Å²) in [6.45, 7) is 0.717. The van der Waals surface area contributed by atoms with Crippen molar-refractivity contribution in [3.8, 4) is 0 Å². The van der Waals surface area contributed by atoms with Gasteiger partial charge < -0.3 is 4.90 Å². The van der Waals surface area contributed by atoms with Crippen molar-refractivity contribution in [2.75, 3.05) is 7.05 Å². The van der Waals surface area contributed by atoms with Crippen molar-refractivity contribution in [2.24, 2.45) is 0 Å². The Kier molecular flexibility index (Phi) is 1.40. The fraction of sp³-hybridized carbons (Fsp3) is 0.222. The molecule has 62 valence electrons. The molecule has 0 bridgehead atoms. The van der Waals surface area contributed by atoms with Crippen LogP contribution in [0.15, 0.2) is 18.2 Å². The summed E-state index contributed by atoms with van der Waals surface area (Å²) >= 11 is 0. The molecule has 0 radical (unpaired) electrons. The SMILES string of the molecule is CN1Cc2ccc(F)cc2C1=N. The molecular weight excluding hydrogens is 155 g/mol. The van der Waals surface area contributed by atoms with E-state index in [0.29, 0.717) is 12.4 Å². The second-order valence-electron chi connectivity index (χ2n) is 3.01. The minimum Gasteiger partial charge on any atom is -0.355 e. The standard InChI is InChI=1S/C9H9FN2/c1-12-5-6-2-3-7(10)4-8(6)9(12)11/h2-4,11H,5H2,1H3. The summed E-state index contributed by atoms with van der Waals surface area (Å²) in [4.78, 5) is 1.80. The van der Waals surface area contributed by atoms with Crippen LogP contribution in [0.1, 0.15) is 11.1 Å². The minimum absolute atomic E-state index is 0.270. The van der Waals surface area contributed by atoms with E-state index >= 15 is 0 Å². The molecule has 0 saturated heterocycles. The second kappa shape index (κ2) is 2.30. The number of hydrogen-bond donors (Lipinski definition) is 1. The predicted molar refractivity (Wildman–Crippen MR) is 44.7 cm³/mol. The average molecular weight is 164 g/mol. The Morgan fingerprint density at radius 1 is 1.50 bits per heavy atom. The van der Waals surface area contributed by atoms with Gasteiger partial charge in [-0.1, -0.05) is 6.07 Å². The molecule has 0 amide bonds. The Morgan fingerprint density at radius 2 is 2.25 bits per heavy atom. The average Bonchev–Trinajstić information content (AvgIpc) is 2.31. The maximum Gasteiger partial charge on any atom is 0.128 e. The summed E-state index contributed by atoms with van der Waals surface area (Å²) in [6.07, 6.45) is 0. The molecule has 0 fully saturated rings. The molecule has 0 aliphatic carbocycles. The van der Waals surface area contributed by atoms with Gasteiger partial charge in [-0.3, -0.25) is 5.41 Å². The van der Waals surface area contributed by atoms with Crippen LogP contribution in [0.2, 0.25) is 0 Å². The van der Waals surface area contributed by atoms with Crippen LogP contribution in [0.4, 0.5) is 4.39 Å². The van der Waals surface area contributed by atoms with E-state index in [9.17, 15) is 4.39 Å². The molecule has 1 aromatic carbocycles. The highest BCUT2D eigenvalue weighted by Crippen LogP contribution is 2.21. The second-order valence-corrected chi connectivity index (χ2v) is 3.01. The number of nitrogens with zero attached hydrogens (tertiary/aromatic N) is 1. The molecule has 0 atom stereocenters. The van der Waals surface area contributed by atoms with Gasteiger partial charge in [0.15, 0.2) is 0 Å². The van der Waals surface area contributed by atoms with Crippen molar-refractivity contribution in [3.63, 3.8) is 0 Å². The van der Waals surface area contributed by atoms with Crippen molar-refractivity contribution in [1.29, 1.82) is 5.41 Å². The van der Waals surface area contributed by atoms with Gasteiger partial charge in [0, 0.05) is 19.2 Å². The number of nitrogens with one attached hydrogen (secondary N) is 1. The first-order chi connectivity index (χ1) is 5.68. The van der Waals surface area contributed by atoms with Crippen LogP contribution < -0.4 is 0 Å². The molecule has 0 spiro atoms. The molecule has 0 unspecified atom stereocenters. The summed E-state index contributed by atoms with van der Waals surface area (Å²) < 4.78 is 12.7. The van der Waals surface area contributed by atoms with E-state index in [0.717, 1.165) is 11.1 Å². The van der Waals surface area contributed by atoms with E-state index < -0.39 is 0 Å². The van der Waals surface area contributed by atoms with Gasteiger partial charge in [0.1, 0.15) is 11.7 Å². The van der Waals surface area contributed by atoms with E-state index in [2.05, 4.69) is 0 Å². The van der Waals surface area contributed by atoms with Crippen molar-refractivity contribution in [2.45, 2.75) is 6.54 Å². The molecule has 1 aliphatic heterocycles. The Labute approximate surface area is 70.1 Å². The highest BCUT2D eigenvalue weighted by molar-refractivity contribution is 6.00. The van der Waals surface area contributed by atoms with Crippen molar-refractivity contribution >= 4 is 5.84 Å². The largest absolute Gasteiger partial charge is 0.355 e. The van der Waals surface area contributed by atoms with Gasteiger partial charge in [0.05, 0.1) is 0 Å². The summed E-state index contributed by atoms with van der Waals surface area (Å²) in [6, 6.07) is 4.59. The van der Waals surface area contributed by atoms with Crippen LogP contribution in [-0.2, 0) is 6.54 Å². The highest BCUT2D eigenvalue weighted by atomic mass is 19.1. The Bertz CT molecular complexity index is 346. The van der Waals surface area contributed by atoms with Gasteiger partial charge in [0.25, 0.3) is 0 Å². The third-order valence-electron chi connectivity index (χ3n) is 2.12. The van der Waals surface area contributed by atoms with Gasteiger partial charge in [-0.25, -0.2) is 4.39 Å². The lowest BCUT2D eigenvalue weighted by Crippen LogP contribution is -2.17. The van der Waals surface area contributed by atoms with Gasteiger partial charge in [-0.2, -0.15) is 0 Å². The lowest BCUT2D eigenvalue weighted by atomic mass is 10.1. The molecule has 1 N–H and O–H groups in total. The number of halogens is 1. The quantitative estimate of drug-likeness (QED) is 0.619. The van der Waals surface area contributed by atoms with Crippen LogP contribution in [0.3, 0.4) is 0 Å². The lowest BCUT2D eigenvalue weighted by Gasteiger charge is -2.07. The first kappa shape index (κ1) is 7.28. The molecule has 1 aliphatic rings. The number of amidine groups is 1. The number of rotatable bonds is 0. The third kappa shape index (κ3) is 0.897. The van der Waals surface area contributed by atoms with Gasteiger partial charge in [-0.15, -0.1) is 0 Å². The predicted octanol–water partition coefficient (Wildman–Crippen LogP) is 1.60. The first-order valence-corrected chi connectivity index (χ1v) is 3.77. The normalized spacial score (nSPS) is 15.2. The Hall–Kier alpha value is -1.38. The summed E-state index contributed by atoms with van der Waals surface area (Å²) in [5.41, 5.74) is 1.75. The molecule has 12 heavy (non-hydrogen) atoms. The molecule has 1 aromatic rings. The zero-order chi connectivity index (χ0) is 8.72. The molecule has 3 heteroatoms. The van der Waals surface area contributed by atoms with E-state index in [-0.39, 0.29) is 5.82 Å². The monoisotopic (exact) mass is 164 g/mol. The topological polar surface area (TPSA) is 27.1 Å². The third-order valence-corrected chi connectivity index (χ3v) is 2.12. The number of fused-ring (bicyclic) bond motifs is 1. The highest BCUT2D eigenvalue weighted by Gasteiger charge is 2.20. The zero-order valence-electron chi connectivity index (χ0n) is 6.76. The molecule has 2 nitrogen and oxygen atoms in total. The first-order valence-electron chi connectivity index (χ1n) is 3.77. The minimum atomic E-state index is -0.270. The molecule has 1 heterocycles. The summed E-state index contributed by atoms with van der Waals surface area (Å²) in [5.74, 6) is 0.137. The number of benzene rings is 1. The van der Waals surface area contributed by atoms with Gasteiger partial charge in [-0.05, 0) is 17.7 Å². The van der Waals surface area contributed by atoms with Crippen LogP contribution in [0.25, 0.3) is 0 Å². The summed E-state index contributed by atoms with van der Waals surface area (Å²) in [7, 11) is 1.83. The zero-order valence-corrected chi connectivity index (χ0v) is 6.76. The molecule has 0 aromatic heterocycles. The lowest BCUT2D eigenvalue weighted by molar-refractivity contribution is 0.521. The fourth-order valence-corrected chi connectivity index (χ4v) is 1.45. The van der Waals surface area contributed by atoms with Crippen molar-refractivity contribution in [3.05, 3.63) is 35.1 Å². The van der Waals surface area contributed by atoms with Crippen molar-refractivity contribution < 1.29 is 4.39 Å². The number of hydrogen-bond acceptors (Lipinski definition) is 1. The van der Waals surface area contributed by atoms with E-state index in [1.807, 2.05) is 7.05 Å². The van der Waals surface area contributed by atoms with Gasteiger partial charge >= 0.3 is 0 Å². The molecule has 0 saturated carbocycles. The van der Waals surface area contributed by atoms with Crippen LogP contribution in [0, 0.1) is 11.2 Å². The van der Waals surface area contributed by atoms with E-state index in [4.69, 9.17) is 5.41 Å². The Balaban J connectivity index is 2.56. The smallest absolute Gasteiger partial charge is 0.128 e. The summed E-state index contributed by atoms with van der Waals surface area (Å²) in [5, 5.41) is 7.59. The Morgan fingerprint density at radius 3 is 3.00 bits per heavy atom. The van der Waals surface area contributed by atoms with Crippen LogP contribution >= 0.6 is 0 Å². The van der Waals surface area contributed by atoms with Crippen LogP contribution in [-0.4, -0.2) is 17.8 Å². The molecule has 2 rings (SSSR count). The maximum atomic E-state index is 12.7. The van der Waals surface area contributed by atoms with Crippen LogP contribution in [0.5, 0.6) is 0 Å². The van der Waals surface area contributed by atoms with E-state index in [1.54, 1.807) is 11.0 Å². The maximum absolute atomic E-state index is 12.7. The van der Waals surface area contributed by atoms with Gasteiger partial charge in [0.2, 0.25) is 0 Å². The fourth-order valence-electron chi connectivity index (χ4n) is 1.45.